The number of rotatable bonds is 4. The van der Waals surface area contributed by atoms with Crippen molar-refractivity contribution in [2.24, 2.45) is 5.92 Å². The number of hydrogen-bond acceptors (Lipinski definition) is 1. The molecule has 0 saturated carbocycles. The van der Waals surface area contributed by atoms with Gasteiger partial charge < -0.3 is 10.6 Å². The molecule has 0 radical (unpaired) electrons. The van der Waals surface area contributed by atoms with Crippen LogP contribution in [0.2, 0.25) is 0 Å². The van der Waals surface area contributed by atoms with Crippen LogP contribution in [0.1, 0.15) is 33.3 Å². The molecule has 0 aliphatic rings. The van der Waals surface area contributed by atoms with Crippen molar-refractivity contribution in [1.29, 1.82) is 0 Å². The second-order valence-corrected chi connectivity index (χ2v) is 5.36. The zero-order valence-corrected chi connectivity index (χ0v) is 11.4. The highest BCUT2D eigenvalue weighted by atomic mass is 19.1. The molecular formula is C14H21FN2O. The quantitative estimate of drug-likeness (QED) is 0.849. The molecule has 0 unspecified atom stereocenters. The van der Waals surface area contributed by atoms with E-state index in [0.29, 0.717) is 12.5 Å². The van der Waals surface area contributed by atoms with Gasteiger partial charge >= 0.3 is 6.03 Å². The van der Waals surface area contributed by atoms with Crippen LogP contribution in [-0.2, 0) is 5.54 Å². The third-order valence-corrected chi connectivity index (χ3v) is 2.64. The van der Waals surface area contributed by atoms with E-state index in [2.05, 4.69) is 10.6 Å². The third-order valence-electron chi connectivity index (χ3n) is 2.64. The predicted octanol–water partition coefficient (Wildman–Crippen LogP) is 3.02. The number of benzene rings is 1. The third kappa shape index (κ3) is 4.35. The zero-order valence-electron chi connectivity index (χ0n) is 11.4. The van der Waals surface area contributed by atoms with Crippen LogP contribution in [0.15, 0.2) is 24.3 Å². The highest BCUT2D eigenvalue weighted by molar-refractivity contribution is 5.74. The molecule has 1 rings (SSSR count). The molecule has 2 amide bonds. The van der Waals surface area contributed by atoms with Crippen LogP contribution >= 0.6 is 0 Å². The molecule has 0 aromatic heterocycles. The van der Waals surface area contributed by atoms with Gasteiger partial charge in [-0.3, -0.25) is 0 Å². The molecule has 2 N–H and O–H groups in total. The molecule has 0 spiro atoms. The Bertz CT molecular complexity index is 416. The molecule has 0 heterocycles. The second-order valence-electron chi connectivity index (χ2n) is 5.36. The van der Waals surface area contributed by atoms with Crippen molar-refractivity contribution in [3.63, 3.8) is 0 Å². The first-order valence-corrected chi connectivity index (χ1v) is 6.13. The summed E-state index contributed by atoms with van der Waals surface area (Å²) in [4.78, 5) is 11.7. The lowest BCUT2D eigenvalue weighted by molar-refractivity contribution is 0.228. The summed E-state index contributed by atoms with van der Waals surface area (Å²) in [6.07, 6.45) is 0. The second kappa shape index (κ2) is 5.85. The van der Waals surface area contributed by atoms with Crippen LogP contribution < -0.4 is 10.6 Å². The first-order valence-electron chi connectivity index (χ1n) is 6.13. The maximum atomic E-state index is 13.2. The van der Waals surface area contributed by atoms with E-state index < -0.39 is 5.54 Å². The summed E-state index contributed by atoms with van der Waals surface area (Å²) in [5.41, 5.74) is 0.130. The number of hydrogen-bond donors (Lipinski definition) is 2. The van der Waals surface area contributed by atoms with E-state index in [9.17, 15) is 9.18 Å². The van der Waals surface area contributed by atoms with Crippen molar-refractivity contribution in [2.45, 2.75) is 33.2 Å². The minimum Gasteiger partial charge on any atom is -0.338 e. The number of carbonyl (C=O) groups is 1. The van der Waals surface area contributed by atoms with Gasteiger partial charge in [0.15, 0.2) is 0 Å². The lowest BCUT2D eigenvalue weighted by atomic mass is 9.94. The van der Waals surface area contributed by atoms with Gasteiger partial charge in [0.1, 0.15) is 5.82 Å². The Balaban J connectivity index is 2.67. The van der Waals surface area contributed by atoms with Gasteiger partial charge in [-0.25, -0.2) is 9.18 Å². The fourth-order valence-electron chi connectivity index (χ4n) is 1.57. The van der Waals surface area contributed by atoms with Crippen LogP contribution in [0.4, 0.5) is 9.18 Å². The molecule has 0 atom stereocenters. The molecule has 1 aromatic carbocycles. The number of nitrogens with one attached hydrogen (secondary N) is 2. The van der Waals surface area contributed by atoms with E-state index in [0.717, 1.165) is 5.56 Å². The Labute approximate surface area is 108 Å². The number of halogens is 1. The van der Waals surface area contributed by atoms with E-state index in [1.54, 1.807) is 12.1 Å². The first-order chi connectivity index (χ1) is 8.31. The topological polar surface area (TPSA) is 41.1 Å². The number of urea groups is 1. The Morgan fingerprint density at radius 3 is 2.61 bits per heavy atom. The molecule has 0 saturated heterocycles. The van der Waals surface area contributed by atoms with E-state index in [1.807, 2.05) is 27.7 Å². The highest BCUT2D eigenvalue weighted by Crippen LogP contribution is 2.20. The largest absolute Gasteiger partial charge is 0.338 e. The Morgan fingerprint density at radius 1 is 1.39 bits per heavy atom. The lowest BCUT2D eigenvalue weighted by Gasteiger charge is -2.27. The monoisotopic (exact) mass is 252 g/mol. The molecule has 1 aromatic rings. The van der Waals surface area contributed by atoms with Crippen molar-refractivity contribution < 1.29 is 9.18 Å². The summed E-state index contributed by atoms with van der Waals surface area (Å²) >= 11 is 0. The van der Waals surface area contributed by atoms with Gasteiger partial charge in [-0.2, -0.15) is 0 Å². The molecule has 0 bridgehead atoms. The highest BCUT2D eigenvalue weighted by Gasteiger charge is 2.23. The van der Waals surface area contributed by atoms with Gasteiger partial charge in [0.25, 0.3) is 0 Å². The van der Waals surface area contributed by atoms with Gasteiger partial charge in [0.05, 0.1) is 5.54 Å². The van der Waals surface area contributed by atoms with Crippen LogP contribution in [0.3, 0.4) is 0 Å². The fraction of sp³-hybridized carbons (Fsp3) is 0.500. The Hall–Kier alpha value is -1.58. The fourth-order valence-corrected chi connectivity index (χ4v) is 1.57. The van der Waals surface area contributed by atoms with Crippen LogP contribution in [0, 0.1) is 11.7 Å². The average molecular weight is 252 g/mol. The van der Waals surface area contributed by atoms with Crippen LogP contribution in [0.25, 0.3) is 0 Å². The summed E-state index contributed by atoms with van der Waals surface area (Å²) in [6, 6.07) is 6.02. The number of amides is 2. The smallest absolute Gasteiger partial charge is 0.315 e. The molecule has 0 aliphatic heterocycles. The lowest BCUT2D eigenvalue weighted by Crippen LogP contribution is -2.47. The minimum atomic E-state index is -0.608. The molecule has 4 heteroatoms. The predicted molar refractivity (Wildman–Crippen MR) is 70.8 cm³/mol. The average Bonchev–Trinajstić information content (AvgIpc) is 2.26. The molecule has 100 valence electrons. The van der Waals surface area contributed by atoms with E-state index in [1.165, 1.54) is 12.1 Å². The number of carbonyl (C=O) groups excluding carboxylic acids is 1. The van der Waals surface area contributed by atoms with Gasteiger partial charge in [0, 0.05) is 6.54 Å². The minimum absolute atomic E-state index is 0.238. The summed E-state index contributed by atoms with van der Waals surface area (Å²) in [5, 5.41) is 5.62. The van der Waals surface area contributed by atoms with Crippen molar-refractivity contribution in [1.82, 2.24) is 10.6 Å². The summed E-state index contributed by atoms with van der Waals surface area (Å²) in [5.74, 6) is 0.0954. The zero-order chi connectivity index (χ0) is 13.8. The van der Waals surface area contributed by atoms with Gasteiger partial charge in [-0.15, -0.1) is 0 Å². The van der Waals surface area contributed by atoms with Crippen molar-refractivity contribution in [2.75, 3.05) is 6.54 Å². The van der Waals surface area contributed by atoms with Crippen LogP contribution in [-0.4, -0.2) is 12.6 Å². The normalized spacial score (nSPS) is 11.4. The van der Waals surface area contributed by atoms with E-state index in [4.69, 9.17) is 0 Å². The van der Waals surface area contributed by atoms with Gasteiger partial charge in [0.2, 0.25) is 0 Å². The molecule has 3 nitrogen and oxygen atoms in total. The molecule has 0 aliphatic carbocycles. The molecule has 0 fully saturated rings. The molecule has 18 heavy (non-hydrogen) atoms. The summed E-state index contributed by atoms with van der Waals surface area (Å²) in [6.45, 7) is 8.36. The van der Waals surface area contributed by atoms with E-state index >= 15 is 0 Å². The standard InChI is InChI=1S/C14H21FN2O/c1-10(2)9-16-13(18)17-14(3,4)11-6-5-7-12(15)8-11/h5-8,10H,9H2,1-4H3,(H2,16,17,18). The molecular weight excluding hydrogens is 231 g/mol. The van der Waals surface area contributed by atoms with Crippen molar-refractivity contribution in [3.05, 3.63) is 35.6 Å². The SMILES string of the molecule is CC(C)CNC(=O)NC(C)(C)c1cccc(F)c1. The maximum Gasteiger partial charge on any atom is 0.315 e. The van der Waals surface area contributed by atoms with Gasteiger partial charge in [-0.1, -0.05) is 26.0 Å². The summed E-state index contributed by atoms with van der Waals surface area (Å²) < 4.78 is 13.2. The Morgan fingerprint density at radius 2 is 2.06 bits per heavy atom. The first kappa shape index (κ1) is 14.5. The van der Waals surface area contributed by atoms with Gasteiger partial charge in [-0.05, 0) is 37.5 Å². The van der Waals surface area contributed by atoms with Crippen LogP contribution in [0.5, 0.6) is 0 Å². The summed E-state index contributed by atoms with van der Waals surface area (Å²) in [7, 11) is 0. The maximum absolute atomic E-state index is 13.2. The van der Waals surface area contributed by atoms with E-state index in [-0.39, 0.29) is 11.8 Å². The van der Waals surface area contributed by atoms with Crippen molar-refractivity contribution in [3.8, 4) is 0 Å². The van der Waals surface area contributed by atoms with Crippen molar-refractivity contribution >= 4 is 6.03 Å². The Kier molecular flexibility index (Phi) is 4.70.